The number of Topliss-reactive ketones (excluding diaryl/α,β-unsaturated/α-hetero) is 1. The van der Waals surface area contributed by atoms with Gasteiger partial charge in [0.05, 0.1) is 27.8 Å². The van der Waals surface area contributed by atoms with Crippen LogP contribution in [0.15, 0.2) is 59.0 Å². The van der Waals surface area contributed by atoms with Crippen molar-refractivity contribution in [3.63, 3.8) is 0 Å². The van der Waals surface area contributed by atoms with Gasteiger partial charge in [-0.1, -0.05) is 35.5 Å². The zero-order valence-corrected chi connectivity index (χ0v) is 19.6. The number of hydrogen-bond acceptors (Lipinski definition) is 6. The fourth-order valence-electron chi connectivity index (χ4n) is 4.63. The summed E-state index contributed by atoms with van der Waals surface area (Å²) in [6.07, 6.45) is 4.61. The second-order valence-electron chi connectivity index (χ2n) is 8.21. The first-order valence-corrected chi connectivity index (χ1v) is 12.6. The van der Waals surface area contributed by atoms with Crippen molar-refractivity contribution in [2.24, 2.45) is 23.7 Å². The van der Waals surface area contributed by atoms with Crippen LogP contribution in [0.5, 0.6) is 0 Å². The van der Waals surface area contributed by atoms with E-state index in [4.69, 9.17) is 11.6 Å². The summed E-state index contributed by atoms with van der Waals surface area (Å²) in [4.78, 5) is 41.6. The fraction of sp³-hybridized carbons (Fsp3) is 0.250. The zero-order valence-electron chi connectivity index (χ0n) is 17.2. The summed E-state index contributed by atoms with van der Waals surface area (Å²) < 4.78 is 1.65. The highest BCUT2D eigenvalue weighted by molar-refractivity contribution is 8.01. The molecule has 0 unspecified atom stereocenters. The second-order valence-corrected chi connectivity index (χ2v) is 10.9. The van der Waals surface area contributed by atoms with Gasteiger partial charge in [-0.15, -0.1) is 11.3 Å². The standard InChI is InChI=1S/C24H19ClN2O4S2/c25-15-5-3-12(4-6-15)18(28)11-32-24-27-17-8-7-16(10-19(17)33-24)26-22(29)20-13-1-2-14(9-13)21(20)23(30)31/h1-8,10,13-14,20-21H,9,11H2,(H,26,29)(H,30,31)/t13-,14-,20-,21-/m0/s1. The number of aromatic nitrogens is 1. The van der Waals surface area contributed by atoms with Crippen LogP contribution in [0.3, 0.4) is 0 Å². The third-order valence-corrected chi connectivity index (χ3v) is 8.59. The normalized spacial score (nSPS) is 23.2. The quantitative estimate of drug-likeness (QED) is 0.258. The fourth-order valence-corrected chi connectivity index (χ4v) is 6.76. The summed E-state index contributed by atoms with van der Waals surface area (Å²) in [5.41, 5.74) is 2.00. The molecule has 0 spiro atoms. The van der Waals surface area contributed by atoms with E-state index in [1.807, 2.05) is 24.3 Å². The Bertz CT molecular complexity index is 1290. The summed E-state index contributed by atoms with van der Waals surface area (Å²) in [7, 11) is 0. The molecule has 9 heteroatoms. The van der Waals surface area contributed by atoms with Crippen molar-refractivity contribution >= 4 is 68.3 Å². The molecular weight excluding hydrogens is 480 g/mol. The topological polar surface area (TPSA) is 96.4 Å². The van der Waals surface area contributed by atoms with Crippen LogP contribution in [-0.4, -0.2) is 33.5 Å². The van der Waals surface area contributed by atoms with Gasteiger partial charge in [0.25, 0.3) is 0 Å². The molecule has 4 atom stereocenters. The minimum atomic E-state index is -0.917. The predicted octanol–water partition coefficient (Wildman–Crippen LogP) is 5.39. The molecular formula is C24H19ClN2O4S2. The maximum Gasteiger partial charge on any atom is 0.307 e. The smallest absolute Gasteiger partial charge is 0.307 e. The van der Waals surface area contributed by atoms with E-state index in [9.17, 15) is 19.5 Å². The van der Waals surface area contributed by atoms with E-state index in [2.05, 4.69) is 10.3 Å². The Labute approximate surface area is 203 Å². The highest BCUT2D eigenvalue weighted by Crippen LogP contribution is 2.48. The zero-order chi connectivity index (χ0) is 23.1. The first-order valence-electron chi connectivity index (χ1n) is 10.4. The molecule has 33 heavy (non-hydrogen) atoms. The van der Waals surface area contributed by atoms with Gasteiger partial charge >= 0.3 is 5.97 Å². The number of halogens is 1. The number of thioether (sulfide) groups is 1. The van der Waals surface area contributed by atoms with E-state index in [-0.39, 0.29) is 29.3 Å². The molecule has 6 nitrogen and oxygen atoms in total. The first-order chi connectivity index (χ1) is 15.9. The third-order valence-electron chi connectivity index (χ3n) is 6.18. The van der Waals surface area contributed by atoms with Gasteiger partial charge in [-0.25, -0.2) is 4.98 Å². The number of carboxylic acid groups (broad SMARTS) is 1. The van der Waals surface area contributed by atoms with Gasteiger partial charge in [-0.2, -0.15) is 0 Å². The number of aliphatic carboxylic acids is 1. The minimum Gasteiger partial charge on any atom is -0.481 e. The van der Waals surface area contributed by atoms with E-state index in [0.29, 0.717) is 16.3 Å². The van der Waals surface area contributed by atoms with E-state index >= 15 is 0 Å². The van der Waals surface area contributed by atoms with Crippen molar-refractivity contribution in [2.45, 2.75) is 10.8 Å². The van der Waals surface area contributed by atoms with Gasteiger partial charge in [0.15, 0.2) is 10.1 Å². The number of anilines is 1. The van der Waals surface area contributed by atoms with Crippen LogP contribution in [0.25, 0.3) is 10.2 Å². The number of carbonyl (C=O) groups is 3. The second kappa shape index (κ2) is 8.93. The molecule has 2 bridgehead atoms. The van der Waals surface area contributed by atoms with Gasteiger partial charge in [0.1, 0.15) is 0 Å². The van der Waals surface area contributed by atoms with Gasteiger partial charge in [-0.3, -0.25) is 14.4 Å². The van der Waals surface area contributed by atoms with Crippen molar-refractivity contribution in [1.29, 1.82) is 0 Å². The summed E-state index contributed by atoms with van der Waals surface area (Å²) in [6.45, 7) is 0. The van der Waals surface area contributed by atoms with Crippen LogP contribution < -0.4 is 5.32 Å². The summed E-state index contributed by atoms with van der Waals surface area (Å²) in [5.74, 6) is -2.23. The maximum atomic E-state index is 12.9. The number of amides is 1. The number of nitrogens with one attached hydrogen (secondary N) is 1. The Kier molecular flexibility index (Phi) is 5.99. The Morgan fingerprint density at radius 1 is 1.09 bits per heavy atom. The SMILES string of the molecule is O=C(CSc1nc2ccc(NC(=O)[C@@H]3[C@@H](C(=O)O)[C@H]4C=C[C@H]3C4)cc2s1)c1ccc(Cl)cc1. The van der Waals surface area contributed by atoms with Crippen LogP contribution in [0, 0.1) is 23.7 Å². The van der Waals surface area contributed by atoms with Gasteiger partial charge < -0.3 is 10.4 Å². The lowest BCUT2D eigenvalue weighted by Crippen LogP contribution is -2.36. The molecule has 168 valence electrons. The predicted molar refractivity (Wildman–Crippen MR) is 130 cm³/mol. The molecule has 3 aromatic rings. The number of carbonyl (C=O) groups excluding carboxylic acids is 2. The van der Waals surface area contributed by atoms with E-state index < -0.39 is 17.8 Å². The number of nitrogens with zero attached hydrogens (tertiary/aromatic N) is 1. The molecule has 1 saturated carbocycles. The highest BCUT2D eigenvalue weighted by atomic mass is 35.5. The van der Waals surface area contributed by atoms with Crippen molar-refractivity contribution in [1.82, 2.24) is 4.98 Å². The van der Waals surface area contributed by atoms with Gasteiger partial charge in [0, 0.05) is 16.3 Å². The van der Waals surface area contributed by atoms with Crippen LogP contribution in [0.4, 0.5) is 5.69 Å². The molecule has 2 aliphatic rings. The van der Waals surface area contributed by atoms with Crippen LogP contribution in [0.2, 0.25) is 5.02 Å². The van der Waals surface area contributed by atoms with Gasteiger partial charge in [-0.05, 0) is 60.7 Å². The summed E-state index contributed by atoms with van der Waals surface area (Å²) in [6, 6.07) is 12.2. The van der Waals surface area contributed by atoms with Crippen molar-refractivity contribution in [2.75, 3.05) is 11.1 Å². The average Bonchev–Trinajstić information content (AvgIpc) is 3.51. The molecule has 2 N–H and O–H groups in total. The van der Waals surface area contributed by atoms with Crippen molar-refractivity contribution in [3.8, 4) is 0 Å². The third kappa shape index (κ3) is 4.43. The van der Waals surface area contributed by atoms with Gasteiger partial charge in [0.2, 0.25) is 5.91 Å². The van der Waals surface area contributed by atoms with E-state index in [1.165, 1.54) is 23.1 Å². The average molecular weight is 499 g/mol. The molecule has 0 aliphatic heterocycles. The van der Waals surface area contributed by atoms with Crippen molar-refractivity contribution in [3.05, 3.63) is 65.2 Å². The number of benzene rings is 2. The van der Waals surface area contributed by atoms with E-state index in [1.54, 1.807) is 30.3 Å². The van der Waals surface area contributed by atoms with Crippen LogP contribution in [-0.2, 0) is 9.59 Å². The molecule has 1 heterocycles. The maximum absolute atomic E-state index is 12.9. The highest BCUT2D eigenvalue weighted by Gasteiger charge is 2.51. The lowest BCUT2D eigenvalue weighted by atomic mass is 9.82. The molecule has 0 saturated heterocycles. The molecule has 1 fully saturated rings. The Morgan fingerprint density at radius 3 is 2.55 bits per heavy atom. The summed E-state index contributed by atoms with van der Waals surface area (Å²) >= 11 is 8.69. The molecule has 5 rings (SSSR count). The number of ketones is 1. The Hall–Kier alpha value is -2.68. The van der Waals surface area contributed by atoms with Crippen molar-refractivity contribution < 1.29 is 19.5 Å². The number of fused-ring (bicyclic) bond motifs is 3. The summed E-state index contributed by atoms with van der Waals surface area (Å²) in [5, 5.41) is 13.1. The first kappa shape index (κ1) is 22.1. The Balaban J connectivity index is 1.26. The molecule has 0 radical (unpaired) electrons. The monoisotopic (exact) mass is 498 g/mol. The molecule has 2 aromatic carbocycles. The molecule has 1 aromatic heterocycles. The lowest BCUT2D eigenvalue weighted by molar-refractivity contribution is -0.146. The van der Waals surface area contributed by atoms with E-state index in [0.717, 1.165) is 21.0 Å². The number of rotatable bonds is 7. The number of carboxylic acids is 1. The van der Waals surface area contributed by atoms with Crippen LogP contribution >= 0.6 is 34.7 Å². The number of thiazole rings is 1. The lowest BCUT2D eigenvalue weighted by Gasteiger charge is -2.23. The number of hydrogen-bond donors (Lipinski definition) is 2. The van der Waals surface area contributed by atoms with Crippen LogP contribution in [0.1, 0.15) is 16.8 Å². The molecule has 1 amide bonds. The molecule has 2 aliphatic carbocycles. The number of allylic oxidation sites excluding steroid dienone is 2. The Morgan fingerprint density at radius 2 is 1.82 bits per heavy atom. The largest absolute Gasteiger partial charge is 0.481 e. The minimum absolute atomic E-state index is 0.00299.